The van der Waals surface area contributed by atoms with Crippen LogP contribution in [-0.4, -0.2) is 34.1 Å². The van der Waals surface area contributed by atoms with Crippen LogP contribution in [0.25, 0.3) is 0 Å². The topological polar surface area (TPSA) is 72.0 Å². The van der Waals surface area contributed by atoms with E-state index in [0.29, 0.717) is 23.9 Å². The number of hydrogen-bond donors (Lipinski definition) is 2. The monoisotopic (exact) mass is 281 g/mol. The lowest BCUT2D eigenvalue weighted by atomic mass is 10.1. The Morgan fingerprint density at radius 3 is 2.35 bits per heavy atom. The van der Waals surface area contributed by atoms with E-state index in [-0.39, 0.29) is 6.10 Å². The van der Waals surface area contributed by atoms with Crippen LogP contribution in [0, 0.1) is 0 Å². The number of rotatable bonds is 9. The molecule has 2 N–H and O–H groups in total. The van der Waals surface area contributed by atoms with Gasteiger partial charge in [0.1, 0.15) is 0 Å². The van der Waals surface area contributed by atoms with Crippen molar-refractivity contribution in [2.75, 3.05) is 17.7 Å². The van der Waals surface area contributed by atoms with Crippen LogP contribution in [0.3, 0.4) is 0 Å². The molecule has 1 aromatic rings. The van der Waals surface area contributed by atoms with Gasteiger partial charge in [-0.25, -0.2) is 0 Å². The summed E-state index contributed by atoms with van der Waals surface area (Å²) in [7, 11) is 1.78. The average molecular weight is 281 g/mol. The molecule has 1 heterocycles. The van der Waals surface area contributed by atoms with Gasteiger partial charge in [0.15, 0.2) is 0 Å². The van der Waals surface area contributed by atoms with Gasteiger partial charge in [-0.1, -0.05) is 26.2 Å². The van der Waals surface area contributed by atoms with E-state index >= 15 is 0 Å². The van der Waals surface area contributed by atoms with Crippen LogP contribution in [0.4, 0.5) is 11.9 Å². The first kappa shape index (κ1) is 16.5. The summed E-state index contributed by atoms with van der Waals surface area (Å²) in [6.07, 6.45) is 4.84. The molecular formula is C14H27N5O. The molecular weight excluding hydrogens is 254 g/mol. The molecule has 0 fully saturated rings. The van der Waals surface area contributed by atoms with Gasteiger partial charge < -0.3 is 15.4 Å². The quantitative estimate of drug-likeness (QED) is 0.678. The smallest absolute Gasteiger partial charge is 0.323 e. The Balaban J connectivity index is 2.67. The second-order valence-electron chi connectivity index (χ2n) is 5.22. The minimum Gasteiger partial charge on any atom is -0.461 e. The molecule has 0 saturated carbocycles. The Labute approximate surface area is 121 Å². The van der Waals surface area contributed by atoms with E-state index in [1.807, 2.05) is 13.8 Å². The predicted octanol–water partition coefficient (Wildman–Crippen LogP) is 3.08. The van der Waals surface area contributed by atoms with Gasteiger partial charge in [-0.05, 0) is 27.2 Å². The maximum absolute atomic E-state index is 5.54. The van der Waals surface area contributed by atoms with Crippen LogP contribution in [-0.2, 0) is 0 Å². The molecule has 6 heteroatoms. The van der Waals surface area contributed by atoms with E-state index in [1.54, 1.807) is 7.05 Å². The van der Waals surface area contributed by atoms with Gasteiger partial charge in [0, 0.05) is 13.1 Å². The fourth-order valence-corrected chi connectivity index (χ4v) is 1.79. The Bertz CT molecular complexity index is 397. The molecule has 0 aliphatic carbocycles. The highest BCUT2D eigenvalue weighted by molar-refractivity contribution is 5.35. The third-order valence-electron chi connectivity index (χ3n) is 2.80. The summed E-state index contributed by atoms with van der Waals surface area (Å²) in [6, 6.07) is 0.683. The third kappa shape index (κ3) is 6.04. The first-order valence-corrected chi connectivity index (χ1v) is 7.42. The molecule has 0 radical (unpaired) electrons. The fraction of sp³-hybridized carbons (Fsp3) is 0.786. The third-order valence-corrected chi connectivity index (χ3v) is 2.80. The van der Waals surface area contributed by atoms with Crippen LogP contribution in [0.15, 0.2) is 0 Å². The Hall–Kier alpha value is -1.59. The molecule has 1 atom stereocenters. The molecule has 0 aliphatic rings. The second kappa shape index (κ2) is 8.55. The first-order valence-electron chi connectivity index (χ1n) is 7.42. The highest BCUT2D eigenvalue weighted by Gasteiger charge is 2.10. The van der Waals surface area contributed by atoms with Crippen molar-refractivity contribution in [3.8, 4) is 6.01 Å². The van der Waals surface area contributed by atoms with E-state index in [1.165, 1.54) is 19.3 Å². The second-order valence-corrected chi connectivity index (χ2v) is 5.22. The largest absolute Gasteiger partial charge is 0.461 e. The molecule has 0 saturated heterocycles. The van der Waals surface area contributed by atoms with Crippen LogP contribution < -0.4 is 15.4 Å². The zero-order valence-electron chi connectivity index (χ0n) is 13.2. The number of unbranched alkanes of at least 4 members (excludes halogenated alkanes) is 2. The predicted molar refractivity (Wildman–Crippen MR) is 82.4 cm³/mol. The number of nitrogens with one attached hydrogen (secondary N) is 2. The molecule has 1 unspecified atom stereocenters. The van der Waals surface area contributed by atoms with E-state index in [4.69, 9.17) is 4.74 Å². The normalized spacial score (nSPS) is 12.3. The summed E-state index contributed by atoms with van der Waals surface area (Å²) in [4.78, 5) is 12.8. The molecule has 114 valence electrons. The minimum atomic E-state index is 0.0388. The zero-order chi connectivity index (χ0) is 15.0. The van der Waals surface area contributed by atoms with Crippen molar-refractivity contribution in [3.63, 3.8) is 0 Å². The summed E-state index contributed by atoms with van der Waals surface area (Å²) < 4.78 is 5.54. The van der Waals surface area contributed by atoms with Crippen molar-refractivity contribution < 1.29 is 4.74 Å². The Morgan fingerprint density at radius 2 is 1.75 bits per heavy atom. The van der Waals surface area contributed by atoms with Crippen LogP contribution in [0.5, 0.6) is 6.01 Å². The fourth-order valence-electron chi connectivity index (χ4n) is 1.79. The van der Waals surface area contributed by atoms with Crippen molar-refractivity contribution in [2.24, 2.45) is 0 Å². The average Bonchev–Trinajstić information content (AvgIpc) is 2.37. The summed E-state index contributed by atoms with van der Waals surface area (Å²) in [6.45, 7) is 8.24. The zero-order valence-corrected chi connectivity index (χ0v) is 13.2. The van der Waals surface area contributed by atoms with Gasteiger partial charge in [-0.15, -0.1) is 0 Å². The van der Waals surface area contributed by atoms with Gasteiger partial charge in [0.2, 0.25) is 11.9 Å². The molecule has 0 bridgehead atoms. The van der Waals surface area contributed by atoms with Gasteiger partial charge >= 0.3 is 6.01 Å². The van der Waals surface area contributed by atoms with Gasteiger partial charge in [-0.2, -0.15) is 15.0 Å². The molecule has 20 heavy (non-hydrogen) atoms. The Morgan fingerprint density at radius 1 is 1.05 bits per heavy atom. The van der Waals surface area contributed by atoms with Crippen LogP contribution in [0.2, 0.25) is 0 Å². The summed E-state index contributed by atoms with van der Waals surface area (Å²) in [5.74, 6) is 1.07. The Kier molecular flexibility index (Phi) is 7.04. The van der Waals surface area contributed by atoms with Crippen LogP contribution >= 0.6 is 0 Å². The number of ether oxygens (including phenoxy) is 1. The highest BCUT2D eigenvalue weighted by atomic mass is 16.5. The molecule has 0 amide bonds. The van der Waals surface area contributed by atoms with Crippen molar-refractivity contribution in [1.29, 1.82) is 0 Å². The molecule has 1 aromatic heterocycles. The summed E-state index contributed by atoms with van der Waals surface area (Å²) in [5.41, 5.74) is 0. The standard InChI is InChI=1S/C14H27N5O/c1-6-7-8-9-11(4)16-13-17-12(15-5)18-14(19-13)20-10(2)3/h10-11H,6-9H2,1-5H3,(H2,15,16,17,18,19). The highest BCUT2D eigenvalue weighted by Crippen LogP contribution is 2.14. The molecule has 1 rings (SSSR count). The van der Waals surface area contributed by atoms with Crippen molar-refractivity contribution in [2.45, 2.75) is 65.5 Å². The summed E-state index contributed by atoms with van der Waals surface area (Å²) in [5, 5.41) is 6.23. The van der Waals surface area contributed by atoms with Gasteiger partial charge in [0.05, 0.1) is 6.10 Å². The van der Waals surface area contributed by atoms with E-state index < -0.39 is 0 Å². The number of anilines is 2. The molecule has 0 aromatic carbocycles. The van der Waals surface area contributed by atoms with E-state index in [9.17, 15) is 0 Å². The van der Waals surface area contributed by atoms with Crippen LogP contribution in [0.1, 0.15) is 53.4 Å². The number of hydrogen-bond acceptors (Lipinski definition) is 6. The van der Waals surface area contributed by atoms with Gasteiger partial charge in [-0.3, -0.25) is 0 Å². The maximum Gasteiger partial charge on any atom is 0.323 e. The maximum atomic E-state index is 5.54. The van der Waals surface area contributed by atoms with Crippen molar-refractivity contribution >= 4 is 11.9 Å². The first-order chi connectivity index (χ1) is 9.55. The number of nitrogens with zero attached hydrogens (tertiary/aromatic N) is 3. The summed E-state index contributed by atoms with van der Waals surface area (Å²) >= 11 is 0. The lowest BCUT2D eigenvalue weighted by molar-refractivity contribution is 0.222. The SMILES string of the molecule is CCCCCC(C)Nc1nc(NC)nc(OC(C)C)n1. The van der Waals surface area contributed by atoms with E-state index in [2.05, 4.69) is 39.4 Å². The lowest BCUT2D eigenvalue weighted by Gasteiger charge is -2.15. The number of aromatic nitrogens is 3. The minimum absolute atomic E-state index is 0.0388. The van der Waals surface area contributed by atoms with Gasteiger partial charge in [0.25, 0.3) is 0 Å². The molecule has 6 nitrogen and oxygen atoms in total. The van der Waals surface area contributed by atoms with E-state index in [0.717, 1.165) is 6.42 Å². The van der Waals surface area contributed by atoms with Crippen molar-refractivity contribution in [3.05, 3.63) is 0 Å². The van der Waals surface area contributed by atoms with Crippen molar-refractivity contribution in [1.82, 2.24) is 15.0 Å². The molecule has 0 aliphatic heterocycles. The molecule has 0 spiro atoms. The lowest BCUT2D eigenvalue weighted by Crippen LogP contribution is -2.19.